The van der Waals surface area contributed by atoms with Crippen molar-refractivity contribution in [2.45, 2.75) is 27.2 Å². The molecule has 4 nitrogen and oxygen atoms in total. The average Bonchev–Trinajstić information content (AvgIpc) is 2.97. The van der Waals surface area contributed by atoms with Crippen molar-refractivity contribution in [1.82, 2.24) is 0 Å². The van der Waals surface area contributed by atoms with Gasteiger partial charge in [0.1, 0.15) is 0 Å². The van der Waals surface area contributed by atoms with E-state index in [2.05, 4.69) is 6.07 Å². The van der Waals surface area contributed by atoms with Crippen LogP contribution in [0.2, 0.25) is 0 Å². The van der Waals surface area contributed by atoms with Crippen molar-refractivity contribution >= 4 is 23.2 Å². The topological polar surface area (TPSA) is 40.6 Å². The van der Waals surface area contributed by atoms with Crippen molar-refractivity contribution in [3.8, 4) is 0 Å². The lowest BCUT2D eigenvalue weighted by Gasteiger charge is -2.24. The molecule has 1 fully saturated rings. The average molecular weight is 336 g/mol. The predicted octanol–water partition coefficient (Wildman–Crippen LogP) is 3.71. The van der Waals surface area contributed by atoms with Crippen LogP contribution in [0.15, 0.2) is 48.5 Å². The van der Waals surface area contributed by atoms with Gasteiger partial charge in [-0.1, -0.05) is 24.3 Å². The Kier molecular flexibility index (Phi) is 4.88. The summed E-state index contributed by atoms with van der Waals surface area (Å²) >= 11 is 0. The molecule has 0 saturated carbocycles. The van der Waals surface area contributed by atoms with Gasteiger partial charge in [0.2, 0.25) is 11.8 Å². The third-order valence-corrected chi connectivity index (χ3v) is 4.64. The van der Waals surface area contributed by atoms with Gasteiger partial charge in [-0.15, -0.1) is 0 Å². The SMILES string of the molecule is CCN(C(=O)C1CC(=O)N(c2cc(C)cc(C)c2)C1)c1ccccc1. The highest BCUT2D eigenvalue weighted by atomic mass is 16.2. The van der Waals surface area contributed by atoms with E-state index in [1.54, 1.807) is 9.80 Å². The molecule has 1 unspecified atom stereocenters. The molecule has 130 valence electrons. The van der Waals surface area contributed by atoms with Crippen LogP contribution < -0.4 is 9.80 Å². The molecule has 1 atom stereocenters. The van der Waals surface area contributed by atoms with E-state index in [-0.39, 0.29) is 24.2 Å². The number of amides is 2. The number of nitrogens with zero attached hydrogens (tertiary/aromatic N) is 2. The minimum atomic E-state index is -0.298. The van der Waals surface area contributed by atoms with Crippen LogP contribution in [0.25, 0.3) is 0 Å². The second-order valence-corrected chi connectivity index (χ2v) is 6.67. The van der Waals surface area contributed by atoms with Crippen LogP contribution in [0.4, 0.5) is 11.4 Å². The monoisotopic (exact) mass is 336 g/mol. The summed E-state index contributed by atoms with van der Waals surface area (Å²) in [7, 11) is 0. The molecule has 0 aromatic heterocycles. The van der Waals surface area contributed by atoms with E-state index < -0.39 is 0 Å². The minimum Gasteiger partial charge on any atom is -0.312 e. The summed E-state index contributed by atoms with van der Waals surface area (Å²) in [6.45, 7) is 7.05. The largest absolute Gasteiger partial charge is 0.312 e. The van der Waals surface area contributed by atoms with Gasteiger partial charge >= 0.3 is 0 Å². The van der Waals surface area contributed by atoms with Crippen molar-refractivity contribution in [2.75, 3.05) is 22.9 Å². The Morgan fingerprint density at radius 1 is 1.12 bits per heavy atom. The Morgan fingerprint density at radius 3 is 2.36 bits per heavy atom. The molecule has 2 amide bonds. The van der Waals surface area contributed by atoms with Gasteiger partial charge in [-0.2, -0.15) is 0 Å². The Balaban J connectivity index is 1.80. The number of carbonyl (C=O) groups excluding carboxylic acids is 2. The highest BCUT2D eigenvalue weighted by Crippen LogP contribution is 2.29. The second-order valence-electron chi connectivity index (χ2n) is 6.67. The van der Waals surface area contributed by atoms with Crippen molar-refractivity contribution < 1.29 is 9.59 Å². The lowest BCUT2D eigenvalue weighted by molar-refractivity contribution is -0.124. The summed E-state index contributed by atoms with van der Waals surface area (Å²) in [4.78, 5) is 29.0. The van der Waals surface area contributed by atoms with Crippen molar-refractivity contribution in [3.63, 3.8) is 0 Å². The maximum Gasteiger partial charge on any atom is 0.232 e. The Labute approximate surface area is 149 Å². The highest BCUT2D eigenvalue weighted by molar-refractivity contribution is 6.04. The standard InChI is InChI=1S/C21H24N2O2/c1-4-22(18-8-6-5-7-9-18)21(25)17-13-20(24)23(14-17)19-11-15(2)10-16(3)12-19/h5-12,17H,4,13-14H2,1-3H3. The quantitative estimate of drug-likeness (QED) is 0.854. The lowest BCUT2D eigenvalue weighted by Crippen LogP contribution is -2.37. The van der Waals surface area contributed by atoms with Crippen molar-refractivity contribution in [1.29, 1.82) is 0 Å². The van der Waals surface area contributed by atoms with E-state index in [9.17, 15) is 9.59 Å². The summed E-state index contributed by atoms with van der Waals surface area (Å²) in [6.07, 6.45) is 0.273. The van der Waals surface area contributed by atoms with Gasteiger partial charge in [-0.25, -0.2) is 0 Å². The zero-order valence-corrected chi connectivity index (χ0v) is 15.0. The van der Waals surface area contributed by atoms with Gasteiger partial charge < -0.3 is 9.80 Å². The first kappa shape index (κ1) is 17.2. The zero-order valence-electron chi connectivity index (χ0n) is 15.0. The Bertz CT molecular complexity index is 765. The number of aryl methyl sites for hydroxylation is 2. The molecule has 1 aliphatic rings. The number of anilines is 2. The summed E-state index contributed by atoms with van der Waals surface area (Å²) in [5.74, 6) is -0.255. The molecule has 2 aromatic carbocycles. The summed E-state index contributed by atoms with van der Waals surface area (Å²) in [6, 6.07) is 15.7. The fourth-order valence-electron chi connectivity index (χ4n) is 3.52. The van der Waals surface area contributed by atoms with E-state index in [0.29, 0.717) is 13.1 Å². The first-order valence-electron chi connectivity index (χ1n) is 8.74. The number of hydrogen-bond donors (Lipinski definition) is 0. The molecule has 4 heteroatoms. The number of para-hydroxylation sites is 1. The van der Waals surface area contributed by atoms with Crippen LogP contribution in [-0.2, 0) is 9.59 Å². The summed E-state index contributed by atoms with van der Waals surface area (Å²) in [5, 5.41) is 0. The molecule has 2 aromatic rings. The summed E-state index contributed by atoms with van der Waals surface area (Å²) in [5.41, 5.74) is 4.02. The van der Waals surface area contributed by atoms with E-state index in [0.717, 1.165) is 22.5 Å². The molecule has 1 saturated heterocycles. The molecule has 3 rings (SSSR count). The first-order valence-corrected chi connectivity index (χ1v) is 8.74. The lowest BCUT2D eigenvalue weighted by atomic mass is 10.1. The van der Waals surface area contributed by atoms with Crippen molar-refractivity contribution in [2.24, 2.45) is 5.92 Å². The van der Waals surface area contributed by atoms with E-state index in [1.807, 2.05) is 63.2 Å². The third kappa shape index (κ3) is 3.58. The molecule has 0 N–H and O–H groups in total. The van der Waals surface area contributed by atoms with E-state index in [1.165, 1.54) is 0 Å². The van der Waals surface area contributed by atoms with E-state index >= 15 is 0 Å². The molecule has 0 spiro atoms. The maximum atomic E-state index is 13.0. The number of hydrogen-bond acceptors (Lipinski definition) is 2. The molecule has 0 radical (unpaired) electrons. The van der Waals surface area contributed by atoms with E-state index in [4.69, 9.17) is 0 Å². The fourth-order valence-corrected chi connectivity index (χ4v) is 3.52. The molecule has 0 aliphatic carbocycles. The fraction of sp³-hybridized carbons (Fsp3) is 0.333. The van der Waals surface area contributed by atoms with Gasteiger partial charge in [0.15, 0.2) is 0 Å². The van der Waals surface area contributed by atoms with Gasteiger partial charge in [0.05, 0.1) is 5.92 Å². The smallest absolute Gasteiger partial charge is 0.232 e. The Morgan fingerprint density at radius 2 is 1.76 bits per heavy atom. The zero-order chi connectivity index (χ0) is 18.0. The third-order valence-electron chi connectivity index (χ3n) is 4.64. The molecule has 1 heterocycles. The van der Waals surface area contributed by atoms with Gasteiger partial charge in [0, 0.05) is 30.9 Å². The van der Waals surface area contributed by atoms with Crippen LogP contribution in [-0.4, -0.2) is 24.9 Å². The van der Waals surface area contributed by atoms with Crippen LogP contribution >= 0.6 is 0 Å². The molecular formula is C21H24N2O2. The Hall–Kier alpha value is -2.62. The second kappa shape index (κ2) is 7.09. The molecular weight excluding hydrogens is 312 g/mol. The van der Waals surface area contributed by atoms with Crippen LogP contribution in [0.5, 0.6) is 0 Å². The molecule has 1 aliphatic heterocycles. The first-order chi connectivity index (χ1) is 12.0. The van der Waals surface area contributed by atoms with Crippen LogP contribution in [0.3, 0.4) is 0 Å². The molecule has 25 heavy (non-hydrogen) atoms. The van der Waals surface area contributed by atoms with Crippen LogP contribution in [0.1, 0.15) is 24.5 Å². The number of carbonyl (C=O) groups is 2. The maximum absolute atomic E-state index is 13.0. The van der Waals surface area contributed by atoms with Gasteiger partial charge in [-0.3, -0.25) is 9.59 Å². The normalized spacial score (nSPS) is 17.0. The van der Waals surface area contributed by atoms with Gasteiger partial charge in [0.25, 0.3) is 0 Å². The van der Waals surface area contributed by atoms with Gasteiger partial charge in [-0.05, 0) is 56.2 Å². The highest BCUT2D eigenvalue weighted by Gasteiger charge is 2.37. The van der Waals surface area contributed by atoms with Crippen molar-refractivity contribution in [3.05, 3.63) is 59.7 Å². The number of benzene rings is 2. The minimum absolute atomic E-state index is 0.0208. The number of rotatable bonds is 4. The van der Waals surface area contributed by atoms with Crippen LogP contribution in [0, 0.1) is 19.8 Å². The summed E-state index contributed by atoms with van der Waals surface area (Å²) < 4.78 is 0. The molecule has 0 bridgehead atoms. The predicted molar refractivity (Wildman–Crippen MR) is 101 cm³/mol.